The molecule has 0 radical (unpaired) electrons. The summed E-state index contributed by atoms with van der Waals surface area (Å²) in [6.45, 7) is 3.46. The molecular weight excluding hydrogens is 332 g/mol. The number of rotatable bonds is 6. The molecule has 130 valence electrons. The molecule has 1 saturated heterocycles. The fourth-order valence-corrected chi connectivity index (χ4v) is 4.08. The van der Waals surface area contributed by atoms with Crippen LogP contribution >= 0.6 is 11.8 Å². The van der Waals surface area contributed by atoms with Gasteiger partial charge in [-0.1, -0.05) is 30.3 Å². The molecule has 3 atom stereocenters. The molecule has 0 bridgehead atoms. The van der Waals surface area contributed by atoms with E-state index in [1.54, 1.807) is 38.1 Å². The number of hydrogen-bond donors (Lipinski definition) is 4. The van der Waals surface area contributed by atoms with Gasteiger partial charge in [0, 0.05) is 4.75 Å². The first-order chi connectivity index (χ1) is 11.2. The fourth-order valence-electron chi connectivity index (χ4n) is 2.60. The third kappa shape index (κ3) is 4.27. The molecule has 1 heterocycles. The SMILES string of the molecule is CC1(C)S[C@H]([C@@H](NC(=O)Cc2ccccc2)C(=O)O)NC1C(=O)O. The lowest BCUT2D eigenvalue weighted by molar-refractivity contribution is -0.143. The maximum atomic E-state index is 12.1. The number of nitrogens with one attached hydrogen (secondary N) is 2. The molecule has 1 aliphatic heterocycles. The van der Waals surface area contributed by atoms with Crippen molar-refractivity contribution >= 4 is 29.6 Å². The highest BCUT2D eigenvalue weighted by molar-refractivity contribution is 8.01. The zero-order valence-corrected chi connectivity index (χ0v) is 14.2. The number of carboxylic acid groups (broad SMARTS) is 2. The van der Waals surface area contributed by atoms with Crippen LogP contribution in [0.15, 0.2) is 30.3 Å². The molecule has 24 heavy (non-hydrogen) atoms. The first-order valence-electron chi connectivity index (χ1n) is 7.43. The van der Waals surface area contributed by atoms with Crippen LogP contribution in [0.3, 0.4) is 0 Å². The van der Waals surface area contributed by atoms with Gasteiger partial charge in [0.1, 0.15) is 6.04 Å². The molecule has 8 heteroatoms. The van der Waals surface area contributed by atoms with E-state index in [4.69, 9.17) is 0 Å². The largest absolute Gasteiger partial charge is 0.480 e. The summed E-state index contributed by atoms with van der Waals surface area (Å²) in [5.74, 6) is -2.68. The van der Waals surface area contributed by atoms with Crippen molar-refractivity contribution in [3.63, 3.8) is 0 Å². The second kappa shape index (κ2) is 7.23. The Hall–Kier alpha value is -2.06. The van der Waals surface area contributed by atoms with E-state index in [9.17, 15) is 24.6 Å². The summed E-state index contributed by atoms with van der Waals surface area (Å²) in [7, 11) is 0. The third-order valence-electron chi connectivity index (χ3n) is 3.80. The van der Waals surface area contributed by atoms with Crippen LogP contribution in [-0.4, -0.2) is 50.3 Å². The molecule has 1 aromatic carbocycles. The van der Waals surface area contributed by atoms with E-state index in [-0.39, 0.29) is 6.42 Å². The lowest BCUT2D eigenvalue weighted by atomic mass is 10.0. The quantitative estimate of drug-likeness (QED) is 0.595. The van der Waals surface area contributed by atoms with E-state index >= 15 is 0 Å². The molecule has 0 spiro atoms. The molecule has 1 aromatic rings. The van der Waals surface area contributed by atoms with Crippen molar-refractivity contribution in [3.05, 3.63) is 35.9 Å². The zero-order valence-electron chi connectivity index (χ0n) is 13.4. The van der Waals surface area contributed by atoms with Crippen molar-refractivity contribution in [2.45, 2.75) is 42.5 Å². The van der Waals surface area contributed by atoms with Crippen LogP contribution in [0.4, 0.5) is 0 Å². The van der Waals surface area contributed by atoms with Gasteiger partial charge in [-0.15, -0.1) is 11.8 Å². The Morgan fingerprint density at radius 2 is 1.88 bits per heavy atom. The predicted octanol–water partition coefficient (Wildman–Crippen LogP) is 0.693. The van der Waals surface area contributed by atoms with Crippen molar-refractivity contribution in [2.75, 3.05) is 0 Å². The molecule has 0 aromatic heterocycles. The Balaban J connectivity index is 2.06. The van der Waals surface area contributed by atoms with Crippen molar-refractivity contribution in [1.82, 2.24) is 10.6 Å². The summed E-state index contributed by atoms with van der Waals surface area (Å²) in [6.07, 6.45) is 0.0633. The van der Waals surface area contributed by atoms with E-state index in [1.807, 2.05) is 6.07 Å². The second-order valence-corrected chi connectivity index (χ2v) is 7.92. The van der Waals surface area contributed by atoms with Crippen molar-refractivity contribution in [2.24, 2.45) is 0 Å². The second-order valence-electron chi connectivity index (χ2n) is 6.13. The van der Waals surface area contributed by atoms with Gasteiger partial charge in [0.05, 0.1) is 11.8 Å². The molecule has 7 nitrogen and oxygen atoms in total. The maximum Gasteiger partial charge on any atom is 0.328 e. The number of aliphatic carboxylic acids is 2. The molecule has 0 saturated carbocycles. The van der Waals surface area contributed by atoms with Gasteiger partial charge in [0.25, 0.3) is 0 Å². The number of hydrogen-bond acceptors (Lipinski definition) is 5. The van der Waals surface area contributed by atoms with Crippen LogP contribution in [0, 0.1) is 0 Å². The molecular formula is C16H20N2O5S. The van der Waals surface area contributed by atoms with Crippen molar-refractivity contribution in [1.29, 1.82) is 0 Å². The monoisotopic (exact) mass is 352 g/mol. The van der Waals surface area contributed by atoms with Gasteiger partial charge in [-0.2, -0.15) is 0 Å². The van der Waals surface area contributed by atoms with E-state index in [1.165, 1.54) is 11.8 Å². The Morgan fingerprint density at radius 3 is 2.38 bits per heavy atom. The van der Waals surface area contributed by atoms with Crippen molar-refractivity contribution in [3.8, 4) is 0 Å². The normalized spacial score (nSPS) is 23.4. The maximum absolute atomic E-state index is 12.1. The van der Waals surface area contributed by atoms with E-state index in [0.717, 1.165) is 5.56 Å². The van der Waals surface area contributed by atoms with Crippen LogP contribution in [0.1, 0.15) is 19.4 Å². The van der Waals surface area contributed by atoms with Gasteiger partial charge < -0.3 is 15.5 Å². The highest BCUT2D eigenvalue weighted by Gasteiger charge is 2.49. The van der Waals surface area contributed by atoms with Crippen LogP contribution in [-0.2, 0) is 20.8 Å². The molecule has 0 aliphatic carbocycles. The van der Waals surface area contributed by atoms with Gasteiger partial charge >= 0.3 is 11.9 Å². The highest BCUT2D eigenvalue weighted by atomic mass is 32.2. The van der Waals surface area contributed by atoms with Gasteiger partial charge in [0.2, 0.25) is 5.91 Å². The third-order valence-corrected chi connectivity index (χ3v) is 5.30. The number of carbonyl (C=O) groups excluding carboxylic acids is 1. The molecule has 1 aliphatic rings. The topological polar surface area (TPSA) is 116 Å². The van der Waals surface area contributed by atoms with Gasteiger partial charge in [0.15, 0.2) is 6.04 Å². The lowest BCUT2D eigenvalue weighted by Crippen LogP contribution is -2.54. The van der Waals surface area contributed by atoms with Crippen molar-refractivity contribution < 1.29 is 24.6 Å². The number of amides is 1. The van der Waals surface area contributed by atoms with Crippen LogP contribution in [0.2, 0.25) is 0 Å². The minimum Gasteiger partial charge on any atom is -0.480 e. The minimum atomic E-state index is -1.21. The Morgan fingerprint density at radius 1 is 1.25 bits per heavy atom. The Kier molecular flexibility index (Phi) is 5.51. The summed E-state index contributed by atoms with van der Waals surface area (Å²) in [6, 6.07) is 6.88. The van der Waals surface area contributed by atoms with E-state index in [2.05, 4.69) is 10.6 Å². The highest BCUT2D eigenvalue weighted by Crippen LogP contribution is 2.39. The van der Waals surface area contributed by atoms with E-state index < -0.39 is 40.1 Å². The van der Waals surface area contributed by atoms with Crippen LogP contribution in [0.5, 0.6) is 0 Å². The standard InChI is InChI=1S/C16H20N2O5S/c1-16(2)12(15(22)23)18-13(24-16)11(14(20)21)17-10(19)8-9-6-4-3-5-7-9/h3-7,11-13,18H,8H2,1-2H3,(H,17,19)(H,20,21)(H,22,23)/t11-,12?,13-/m1/s1. The average Bonchev–Trinajstić information content (AvgIpc) is 2.81. The van der Waals surface area contributed by atoms with Gasteiger partial charge in [-0.05, 0) is 19.4 Å². The number of benzene rings is 1. The fraction of sp³-hybridized carbons (Fsp3) is 0.438. The predicted molar refractivity (Wildman–Crippen MR) is 89.7 cm³/mol. The first kappa shape index (κ1) is 18.3. The summed E-state index contributed by atoms with van der Waals surface area (Å²) in [4.78, 5) is 35.0. The summed E-state index contributed by atoms with van der Waals surface area (Å²) in [5.41, 5.74) is 0.773. The molecule has 1 unspecified atom stereocenters. The Labute approximate surface area is 143 Å². The molecule has 4 N–H and O–H groups in total. The van der Waals surface area contributed by atoms with E-state index in [0.29, 0.717) is 0 Å². The number of carboxylic acids is 2. The summed E-state index contributed by atoms with van der Waals surface area (Å²) < 4.78 is -0.686. The molecule has 1 fully saturated rings. The average molecular weight is 352 g/mol. The van der Waals surface area contributed by atoms with Gasteiger partial charge in [-0.3, -0.25) is 14.9 Å². The smallest absolute Gasteiger partial charge is 0.328 e. The number of carbonyl (C=O) groups is 3. The lowest BCUT2D eigenvalue weighted by Gasteiger charge is -2.22. The van der Waals surface area contributed by atoms with Gasteiger partial charge in [-0.25, -0.2) is 4.79 Å². The summed E-state index contributed by atoms with van der Waals surface area (Å²) >= 11 is 1.20. The summed E-state index contributed by atoms with van der Waals surface area (Å²) in [5, 5.41) is 23.2. The Bertz CT molecular complexity index is 635. The zero-order chi connectivity index (χ0) is 17.9. The molecule has 2 rings (SSSR count). The minimum absolute atomic E-state index is 0.0633. The first-order valence-corrected chi connectivity index (χ1v) is 8.31. The number of thioether (sulfide) groups is 1. The molecule has 1 amide bonds. The van der Waals surface area contributed by atoms with Crippen LogP contribution in [0.25, 0.3) is 0 Å². The van der Waals surface area contributed by atoms with Crippen LogP contribution < -0.4 is 10.6 Å².